The van der Waals surface area contributed by atoms with Crippen LogP contribution in [0, 0.1) is 17.3 Å². The third kappa shape index (κ3) is 4.08. The highest BCUT2D eigenvalue weighted by atomic mass is 32.1. The number of carbonyl (C=O) groups excluding carboxylic acids is 2. The molecule has 1 atom stereocenters. The number of hydrogen-bond acceptors (Lipinski definition) is 5. The molecule has 158 valence electrons. The lowest BCUT2D eigenvalue weighted by atomic mass is 9.68. The van der Waals surface area contributed by atoms with Crippen LogP contribution in [0.3, 0.4) is 0 Å². The first-order valence-electron chi connectivity index (χ1n) is 10.3. The Morgan fingerprint density at radius 2 is 1.90 bits per heavy atom. The number of rotatable bonds is 2. The van der Waals surface area contributed by atoms with Gasteiger partial charge in [0.15, 0.2) is 5.78 Å². The number of benzene rings is 1. The third-order valence-electron chi connectivity index (χ3n) is 5.76. The number of allylic oxidation sites excluding steroid dienone is 3. The lowest BCUT2D eigenvalue weighted by Gasteiger charge is -2.39. The molecule has 0 fully saturated rings. The van der Waals surface area contributed by atoms with Crippen LogP contribution in [-0.4, -0.2) is 18.9 Å². The molecule has 0 amide bonds. The van der Waals surface area contributed by atoms with Crippen LogP contribution in [-0.2, 0) is 14.3 Å². The maximum atomic E-state index is 13.3. The Labute approximate surface area is 187 Å². The number of dihydropyridines is 1. The number of nitrogens with one attached hydrogen (secondary N) is 1. The van der Waals surface area contributed by atoms with E-state index in [4.69, 9.17) is 4.74 Å². The van der Waals surface area contributed by atoms with Crippen molar-refractivity contribution in [3.63, 3.8) is 0 Å². The smallest absolute Gasteiger partial charge is 0.336 e. The van der Waals surface area contributed by atoms with E-state index in [9.17, 15) is 9.59 Å². The molecule has 1 N–H and O–H groups in total. The largest absolute Gasteiger partial charge is 0.466 e. The van der Waals surface area contributed by atoms with Crippen LogP contribution in [0.1, 0.15) is 56.2 Å². The molecule has 1 aliphatic carbocycles. The summed E-state index contributed by atoms with van der Waals surface area (Å²) in [5.74, 6) is 5.63. The molecule has 4 nitrogen and oxygen atoms in total. The van der Waals surface area contributed by atoms with Crippen molar-refractivity contribution < 1.29 is 14.3 Å². The van der Waals surface area contributed by atoms with Gasteiger partial charge in [-0.2, -0.15) is 11.3 Å². The van der Waals surface area contributed by atoms with E-state index in [1.807, 2.05) is 48.0 Å². The Morgan fingerprint density at radius 1 is 1.16 bits per heavy atom. The Balaban J connectivity index is 1.86. The zero-order valence-electron chi connectivity index (χ0n) is 18.2. The topological polar surface area (TPSA) is 55.4 Å². The fraction of sp³-hybridized carbons (Fsp3) is 0.308. The zero-order chi connectivity index (χ0) is 22.2. The molecule has 0 radical (unpaired) electrons. The molecule has 2 aromatic rings. The first kappa shape index (κ1) is 21.1. The van der Waals surface area contributed by atoms with Crippen LogP contribution in [0.4, 0.5) is 0 Å². The predicted octanol–water partition coefficient (Wildman–Crippen LogP) is 4.92. The van der Waals surface area contributed by atoms with E-state index in [0.29, 0.717) is 17.6 Å². The Bertz CT molecular complexity index is 1170. The number of Topliss-reactive ketones (excluding diaryl/α,β-unsaturated/α-hetero) is 1. The van der Waals surface area contributed by atoms with Crippen LogP contribution in [0.2, 0.25) is 0 Å². The van der Waals surface area contributed by atoms with Crippen LogP contribution in [0.15, 0.2) is 63.6 Å². The summed E-state index contributed by atoms with van der Waals surface area (Å²) in [5, 5.41) is 7.32. The Kier molecular flexibility index (Phi) is 5.60. The van der Waals surface area contributed by atoms with Gasteiger partial charge >= 0.3 is 5.97 Å². The molecular weight excluding hydrogens is 406 g/mol. The van der Waals surface area contributed by atoms with Crippen LogP contribution >= 0.6 is 11.3 Å². The molecule has 0 bridgehead atoms. The van der Waals surface area contributed by atoms with Crippen molar-refractivity contribution in [3.05, 3.63) is 80.3 Å². The van der Waals surface area contributed by atoms with Gasteiger partial charge in [0.1, 0.15) is 0 Å². The maximum absolute atomic E-state index is 13.3. The fourth-order valence-corrected chi connectivity index (χ4v) is 5.23. The first-order valence-corrected chi connectivity index (χ1v) is 11.2. The molecule has 4 rings (SSSR count). The van der Waals surface area contributed by atoms with E-state index >= 15 is 0 Å². The summed E-state index contributed by atoms with van der Waals surface area (Å²) >= 11 is 1.53. The highest BCUT2D eigenvalue weighted by Crippen LogP contribution is 2.47. The van der Waals surface area contributed by atoms with Crippen molar-refractivity contribution in [2.75, 3.05) is 7.11 Å². The van der Waals surface area contributed by atoms with Crippen LogP contribution in [0.25, 0.3) is 0 Å². The molecule has 0 saturated carbocycles. The van der Waals surface area contributed by atoms with E-state index in [2.05, 4.69) is 31.0 Å². The van der Waals surface area contributed by atoms with Gasteiger partial charge in [-0.25, -0.2) is 4.79 Å². The number of ether oxygens (including phenoxy) is 1. The van der Waals surface area contributed by atoms with E-state index in [0.717, 1.165) is 34.5 Å². The van der Waals surface area contributed by atoms with Crippen LogP contribution in [0.5, 0.6) is 0 Å². The third-order valence-corrected chi connectivity index (χ3v) is 6.53. The molecule has 5 heteroatoms. The molecular formula is C26H25NO3S. The minimum atomic E-state index is -0.473. The number of esters is 1. The lowest BCUT2D eigenvalue weighted by Crippen LogP contribution is -2.38. The molecule has 31 heavy (non-hydrogen) atoms. The summed E-state index contributed by atoms with van der Waals surface area (Å²) in [4.78, 5) is 26.1. The van der Waals surface area contributed by atoms with Gasteiger partial charge in [-0.3, -0.25) is 4.79 Å². The summed E-state index contributed by atoms with van der Waals surface area (Å²) in [5.41, 5.74) is 5.30. The van der Waals surface area contributed by atoms with Crippen molar-refractivity contribution in [1.82, 2.24) is 5.32 Å². The monoisotopic (exact) mass is 431 g/mol. The van der Waals surface area contributed by atoms with Crippen molar-refractivity contribution in [3.8, 4) is 11.8 Å². The van der Waals surface area contributed by atoms with Gasteiger partial charge in [0, 0.05) is 39.9 Å². The van der Waals surface area contributed by atoms with E-state index in [1.165, 1.54) is 18.4 Å². The van der Waals surface area contributed by atoms with Gasteiger partial charge in [-0.1, -0.05) is 43.9 Å². The van der Waals surface area contributed by atoms with Gasteiger partial charge in [-0.15, -0.1) is 0 Å². The fourth-order valence-electron chi connectivity index (χ4n) is 4.42. The molecule has 0 unspecified atom stereocenters. The second kappa shape index (κ2) is 8.20. The number of hydrogen-bond donors (Lipinski definition) is 1. The van der Waals surface area contributed by atoms with Crippen molar-refractivity contribution in [1.29, 1.82) is 0 Å². The molecule has 1 aromatic heterocycles. The molecule has 0 spiro atoms. The lowest BCUT2D eigenvalue weighted by molar-refractivity contribution is -0.136. The maximum Gasteiger partial charge on any atom is 0.336 e. The summed E-state index contributed by atoms with van der Waals surface area (Å²) in [6.07, 6.45) is 1.21. The average Bonchev–Trinajstić information content (AvgIpc) is 3.18. The first-order chi connectivity index (χ1) is 14.8. The summed E-state index contributed by atoms with van der Waals surface area (Å²) < 4.78 is 5.11. The van der Waals surface area contributed by atoms with Crippen molar-refractivity contribution in [2.24, 2.45) is 5.41 Å². The number of carbonyl (C=O) groups is 2. The SMILES string of the molecule is COC(=O)C1=C(C)NC2=C(C(=O)CC(C)(C)C2)[C@@H]1c1cscc1C#Cc1ccccc1. The summed E-state index contributed by atoms with van der Waals surface area (Å²) in [6, 6.07) is 9.77. The number of methoxy groups -OCH3 is 1. The van der Waals surface area contributed by atoms with E-state index in [-0.39, 0.29) is 11.2 Å². The van der Waals surface area contributed by atoms with Crippen LogP contribution < -0.4 is 5.32 Å². The van der Waals surface area contributed by atoms with Gasteiger partial charge in [-0.05, 0) is 41.8 Å². The number of thiophene rings is 1. The highest BCUT2D eigenvalue weighted by molar-refractivity contribution is 7.08. The van der Waals surface area contributed by atoms with Gasteiger partial charge < -0.3 is 10.1 Å². The normalized spacial score (nSPS) is 19.9. The summed E-state index contributed by atoms with van der Waals surface area (Å²) in [6.45, 7) is 6.07. The average molecular weight is 432 g/mol. The second-order valence-corrected chi connectivity index (χ2v) is 9.52. The molecule has 2 aliphatic rings. The zero-order valence-corrected chi connectivity index (χ0v) is 19.0. The molecule has 1 aromatic carbocycles. The molecule has 2 heterocycles. The Hall–Kier alpha value is -3.10. The van der Waals surface area contributed by atoms with Crippen molar-refractivity contribution >= 4 is 23.1 Å². The van der Waals surface area contributed by atoms with Crippen molar-refractivity contribution in [2.45, 2.75) is 39.5 Å². The highest BCUT2D eigenvalue weighted by Gasteiger charge is 2.43. The second-order valence-electron chi connectivity index (χ2n) is 8.78. The minimum Gasteiger partial charge on any atom is -0.466 e. The van der Waals surface area contributed by atoms with E-state index < -0.39 is 11.9 Å². The number of ketones is 1. The van der Waals surface area contributed by atoms with Gasteiger partial charge in [0.2, 0.25) is 0 Å². The van der Waals surface area contributed by atoms with Gasteiger partial charge in [0.25, 0.3) is 0 Å². The Morgan fingerprint density at radius 3 is 2.61 bits per heavy atom. The van der Waals surface area contributed by atoms with Gasteiger partial charge in [0.05, 0.1) is 18.6 Å². The summed E-state index contributed by atoms with van der Waals surface area (Å²) in [7, 11) is 1.37. The standard InChI is InChI=1S/C26H25NO3S/c1-16-22(25(29)30-4)23(24-20(27-16)12-26(2,3)13-21(24)28)19-15-31-14-18(19)11-10-17-8-6-5-7-9-17/h5-9,14-15,23,27H,12-13H2,1-4H3/t23-/m1/s1. The molecule has 0 saturated heterocycles. The minimum absolute atomic E-state index is 0.0748. The van der Waals surface area contributed by atoms with E-state index in [1.54, 1.807) is 0 Å². The molecule has 1 aliphatic heterocycles. The predicted molar refractivity (Wildman–Crippen MR) is 122 cm³/mol. The quantitative estimate of drug-likeness (QED) is 0.541.